The molecule has 1 heterocycles. The van der Waals surface area contributed by atoms with E-state index in [-0.39, 0.29) is 109 Å². The summed E-state index contributed by atoms with van der Waals surface area (Å²) in [6, 6.07) is 9.19. The van der Waals surface area contributed by atoms with Crippen LogP contribution in [0.3, 0.4) is 0 Å². The molecule has 3 amide bonds. The summed E-state index contributed by atoms with van der Waals surface area (Å²) in [6.07, 6.45) is 5.22. The SMILES string of the molecule is CC[C@H](C)[C@@H]([C@@H](CC(=O)N1CCC[C@H]1[C@H](OC)[C@@H](C)C(=S)C[C@@H](Cc1ccccc1)C(C)=O)OC)N(C)C(=O)[C@@H](CC(=O)C(C)(C)NC(=O)CCOCCOCCOCCOCCOCCOCCC1C(=O)C=CC1=O)C(C)C. The number of methoxy groups -OCH3 is 2. The van der Waals surface area contributed by atoms with Gasteiger partial charge in [-0.2, -0.15) is 0 Å². The molecule has 79 heavy (non-hydrogen) atoms. The van der Waals surface area contributed by atoms with Crippen LogP contribution in [0.2, 0.25) is 0 Å². The van der Waals surface area contributed by atoms with Gasteiger partial charge in [0.15, 0.2) is 17.3 Å². The molecule has 0 bridgehead atoms. The van der Waals surface area contributed by atoms with Gasteiger partial charge in [0.1, 0.15) is 5.78 Å². The van der Waals surface area contributed by atoms with Crippen LogP contribution in [0, 0.1) is 35.5 Å². The zero-order valence-corrected chi connectivity index (χ0v) is 50.1. The molecular weight excluding hydrogens is 1030 g/mol. The van der Waals surface area contributed by atoms with E-state index in [1.807, 2.05) is 69.9 Å². The second-order valence-corrected chi connectivity index (χ2v) is 22.3. The molecule has 0 aromatic heterocycles. The van der Waals surface area contributed by atoms with Crippen LogP contribution in [0.15, 0.2) is 42.5 Å². The van der Waals surface area contributed by atoms with Crippen molar-refractivity contribution in [2.24, 2.45) is 35.5 Å². The standard InChI is InChI=1S/C60H95N3O15S/c1-12-42(4)57(52(71-10)40-56(69)63-24-16-19-49(63)58(72-11)43(5)53(79)38-46(44(6)64)37-45-17-14-13-15-18-45)62(9)59(70)48(41(2)3)39-54(67)60(7,8)61-55(68)23-26-74-28-30-76-32-34-78-36-35-77-33-31-75-29-27-73-25-22-47-50(65)20-21-51(47)66/h13-15,17-18,20-21,41-43,46-49,52,57-58H,12,16,19,22-40H2,1-11H3,(H,61,68)/t42-,43-,46+,48-,49-,52+,57-,58+/m0/s1. The molecule has 1 aromatic carbocycles. The molecule has 3 rings (SSSR count). The van der Waals surface area contributed by atoms with Gasteiger partial charge in [0.25, 0.3) is 0 Å². The average molecular weight is 1130 g/mol. The average Bonchev–Trinajstić information content (AvgIpc) is 4.06. The highest BCUT2D eigenvalue weighted by Crippen LogP contribution is 2.32. The van der Waals surface area contributed by atoms with Crippen molar-refractivity contribution in [3.63, 3.8) is 0 Å². The number of carbonyl (C=O) groups excluding carboxylic acids is 7. The zero-order chi connectivity index (χ0) is 58.5. The molecule has 1 fully saturated rings. The number of nitrogens with zero attached hydrogens (tertiary/aromatic N) is 2. The summed E-state index contributed by atoms with van der Waals surface area (Å²) >= 11 is 6.00. The van der Waals surface area contributed by atoms with Gasteiger partial charge >= 0.3 is 0 Å². The van der Waals surface area contributed by atoms with Crippen molar-refractivity contribution in [1.82, 2.24) is 15.1 Å². The second-order valence-electron chi connectivity index (χ2n) is 21.8. The highest BCUT2D eigenvalue weighted by molar-refractivity contribution is 7.80. The lowest BCUT2D eigenvalue weighted by Crippen LogP contribution is -2.55. The summed E-state index contributed by atoms with van der Waals surface area (Å²) in [4.78, 5) is 96.3. The number of thiocarbonyl (C=S) groups is 1. The minimum Gasteiger partial charge on any atom is -0.379 e. The van der Waals surface area contributed by atoms with Gasteiger partial charge in [-0.3, -0.25) is 33.6 Å². The maximum absolute atomic E-state index is 14.6. The van der Waals surface area contributed by atoms with E-state index in [1.54, 1.807) is 46.9 Å². The predicted octanol–water partition coefficient (Wildman–Crippen LogP) is 6.44. The first-order valence-corrected chi connectivity index (χ1v) is 28.8. The second kappa shape index (κ2) is 37.0. The van der Waals surface area contributed by atoms with Crippen LogP contribution in [0.25, 0.3) is 0 Å². The van der Waals surface area contributed by atoms with Gasteiger partial charge in [0, 0.05) is 65.0 Å². The van der Waals surface area contributed by atoms with Crippen LogP contribution < -0.4 is 5.32 Å². The predicted molar refractivity (Wildman–Crippen MR) is 305 cm³/mol. The number of carbonyl (C=O) groups is 7. The highest BCUT2D eigenvalue weighted by Gasteiger charge is 2.43. The maximum atomic E-state index is 14.6. The zero-order valence-electron chi connectivity index (χ0n) is 49.3. The first kappa shape index (κ1) is 69.1. The van der Waals surface area contributed by atoms with Crippen LogP contribution >= 0.6 is 12.2 Å². The van der Waals surface area contributed by atoms with Crippen molar-refractivity contribution >= 4 is 57.9 Å². The van der Waals surface area contributed by atoms with Crippen LogP contribution in [0.1, 0.15) is 112 Å². The quantitative estimate of drug-likeness (QED) is 0.0423. The molecule has 0 spiro atoms. The fraction of sp³-hybridized carbons (Fsp3) is 0.733. The number of benzene rings is 1. The number of likely N-dealkylation sites (N-methyl/N-ethyl adjacent to an activating group) is 1. The van der Waals surface area contributed by atoms with Gasteiger partial charge in [-0.05, 0) is 87.3 Å². The summed E-state index contributed by atoms with van der Waals surface area (Å²) in [6.45, 7) is 19.4. The fourth-order valence-corrected chi connectivity index (χ4v) is 10.6. The summed E-state index contributed by atoms with van der Waals surface area (Å²) < 4.78 is 45.3. The van der Waals surface area contributed by atoms with Crippen molar-refractivity contribution in [2.75, 3.05) is 107 Å². The van der Waals surface area contributed by atoms with Gasteiger partial charge in [0.05, 0.1) is 115 Å². The van der Waals surface area contributed by atoms with E-state index in [2.05, 4.69) is 5.32 Å². The lowest BCUT2D eigenvalue weighted by Gasteiger charge is -2.41. The first-order chi connectivity index (χ1) is 37.7. The Hall–Kier alpha value is -4.18. The Morgan fingerprint density at radius 2 is 1.29 bits per heavy atom. The molecule has 1 aliphatic carbocycles. The Morgan fingerprint density at radius 3 is 1.78 bits per heavy atom. The van der Waals surface area contributed by atoms with E-state index in [4.69, 9.17) is 50.1 Å². The van der Waals surface area contributed by atoms with Crippen molar-refractivity contribution < 1.29 is 71.5 Å². The third kappa shape index (κ3) is 23.7. The molecule has 446 valence electrons. The number of ether oxygens (including phenoxy) is 8. The van der Waals surface area contributed by atoms with E-state index in [0.717, 1.165) is 23.3 Å². The summed E-state index contributed by atoms with van der Waals surface area (Å²) in [5, 5.41) is 2.84. The van der Waals surface area contributed by atoms with E-state index >= 15 is 0 Å². The van der Waals surface area contributed by atoms with Gasteiger partial charge in [-0.1, -0.05) is 83.6 Å². The first-order valence-electron chi connectivity index (χ1n) is 28.4. The Morgan fingerprint density at radius 1 is 0.759 bits per heavy atom. The largest absolute Gasteiger partial charge is 0.379 e. The van der Waals surface area contributed by atoms with Crippen molar-refractivity contribution in [3.05, 3.63) is 48.0 Å². The number of hydrogen-bond acceptors (Lipinski definition) is 16. The van der Waals surface area contributed by atoms with Crippen molar-refractivity contribution in [1.29, 1.82) is 0 Å². The normalized spacial score (nSPS) is 17.6. The van der Waals surface area contributed by atoms with E-state index in [1.165, 1.54) is 12.2 Å². The third-order valence-corrected chi connectivity index (χ3v) is 15.9. The number of allylic oxidation sites excluding steroid dienone is 2. The molecule has 1 aromatic rings. The van der Waals surface area contributed by atoms with E-state index < -0.39 is 29.5 Å². The Labute approximate surface area is 476 Å². The van der Waals surface area contributed by atoms with Crippen LogP contribution in [0.4, 0.5) is 0 Å². The van der Waals surface area contributed by atoms with Gasteiger partial charge in [-0.15, -0.1) is 0 Å². The van der Waals surface area contributed by atoms with Crippen LogP contribution in [0.5, 0.6) is 0 Å². The lowest BCUT2D eigenvalue weighted by atomic mass is 9.82. The molecule has 1 saturated heterocycles. The summed E-state index contributed by atoms with van der Waals surface area (Å²) in [7, 11) is 4.94. The molecule has 0 radical (unpaired) electrons. The third-order valence-electron chi connectivity index (χ3n) is 15.4. The Balaban J connectivity index is 1.40. The summed E-state index contributed by atoms with van der Waals surface area (Å²) in [5.74, 6) is -3.28. The molecule has 2 aliphatic rings. The number of rotatable bonds is 43. The maximum Gasteiger partial charge on any atom is 0.226 e. The monoisotopic (exact) mass is 1130 g/mol. The molecule has 8 atom stereocenters. The topological polar surface area (TPSA) is 212 Å². The van der Waals surface area contributed by atoms with E-state index in [9.17, 15) is 33.6 Å². The Kier molecular flexibility index (Phi) is 32.4. The molecule has 0 saturated carbocycles. The highest BCUT2D eigenvalue weighted by atomic mass is 32.1. The van der Waals surface area contributed by atoms with Crippen LogP contribution in [-0.2, 0) is 77.9 Å². The minimum atomic E-state index is -1.26. The Bertz CT molecular complexity index is 2070. The molecule has 19 heteroatoms. The molecule has 1 aliphatic heterocycles. The summed E-state index contributed by atoms with van der Waals surface area (Å²) in [5.41, 5.74) is -0.182. The minimum absolute atomic E-state index is 0.0277. The van der Waals surface area contributed by atoms with Crippen molar-refractivity contribution in [3.8, 4) is 0 Å². The van der Waals surface area contributed by atoms with Crippen LogP contribution in [-0.4, -0.2) is 192 Å². The molecule has 0 unspecified atom stereocenters. The van der Waals surface area contributed by atoms with Gasteiger partial charge in [-0.25, -0.2) is 0 Å². The smallest absolute Gasteiger partial charge is 0.226 e. The lowest BCUT2D eigenvalue weighted by molar-refractivity contribution is -0.148. The van der Waals surface area contributed by atoms with Gasteiger partial charge in [0.2, 0.25) is 17.7 Å². The molecular formula is C60H95N3O15S. The molecule has 1 N–H and O–H groups in total. The number of likely N-dealkylation sites (tertiary alicyclic amines) is 1. The number of hydrogen-bond donors (Lipinski definition) is 1. The fourth-order valence-electron chi connectivity index (χ4n) is 10.2. The van der Waals surface area contributed by atoms with Crippen molar-refractivity contribution in [2.45, 2.75) is 143 Å². The van der Waals surface area contributed by atoms with E-state index in [0.29, 0.717) is 98.3 Å². The number of Topliss-reactive ketones (excluding diaryl/α,β-unsaturated/α-hetero) is 2. The number of amides is 3. The number of nitrogens with one attached hydrogen (secondary N) is 1. The molecule has 18 nitrogen and oxygen atoms in total. The van der Waals surface area contributed by atoms with Gasteiger partial charge < -0.3 is 53.0 Å². The number of ketones is 4.